The van der Waals surface area contributed by atoms with Crippen LogP contribution in [0.2, 0.25) is 0 Å². The third kappa shape index (κ3) is 2.16. The van der Waals surface area contributed by atoms with Gasteiger partial charge >= 0.3 is 5.97 Å². The van der Waals surface area contributed by atoms with Gasteiger partial charge in [-0.3, -0.25) is 9.59 Å². The van der Waals surface area contributed by atoms with E-state index in [2.05, 4.69) is 26.6 Å². The molecule has 0 fully saturated rings. The first-order valence-electron chi connectivity index (χ1n) is 4.65. The van der Waals surface area contributed by atoms with Crippen LogP contribution in [0.15, 0.2) is 22.7 Å². The summed E-state index contributed by atoms with van der Waals surface area (Å²) in [6.07, 6.45) is -0.238. The van der Waals surface area contributed by atoms with Gasteiger partial charge in [-0.1, -0.05) is 15.9 Å². The average molecular weight is 285 g/mol. The van der Waals surface area contributed by atoms with Crippen molar-refractivity contribution in [2.45, 2.75) is 12.5 Å². The molecule has 1 aromatic rings. The second-order valence-corrected chi connectivity index (χ2v) is 4.39. The first-order chi connectivity index (χ1) is 7.56. The van der Waals surface area contributed by atoms with E-state index in [1.807, 2.05) is 0 Å². The third-order valence-corrected chi connectivity index (χ3v) is 2.76. The molecule has 0 aliphatic carbocycles. The van der Waals surface area contributed by atoms with Crippen molar-refractivity contribution in [3.05, 3.63) is 22.7 Å². The minimum atomic E-state index is -1.01. The van der Waals surface area contributed by atoms with Crippen LogP contribution < -0.4 is 10.6 Å². The second kappa shape index (κ2) is 4.13. The molecule has 0 saturated carbocycles. The number of rotatable bonds is 2. The van der Waals surface area contributed by atoms with Gasteiger partial charge in [0.25, 0.3) is 0 Å². The maximum Gasteiger partial charge on any atom is 0.305 e. The van der Waals surface area contributed by atoms with Gasteiger partial charge in [-0.05, 0) is 18.2 Å². The minimum absolute atomic E-state index is 0.238. The van der Waals surface area contributed by atoms with Gasteiger partial charge in [0.2, 0.25) is 5.91 Å². The van der Waals surface area contributed by atoms with Crippen LogP contribution >= 0.6 is 15.9 Å². The van der Waals surface area contributed by atoms with Crippen molar-refractivity contribution < 1.29 is 14.7 Å². The number of halogens is 1. The SMILES string of the molecule is O=C(O)CC1Nc2cc(Br)ccc2NC1=O. The highest BCUT2D eigenvalue weighted by atomic mass is 79.9. The predicted molar refractivity (Wildman–Crippen MR) is 62.4 cm³/mol. The van der Waals surface area contributed by atoms with Gasteiger partial charge in [-0.2, -0.15) is 0 Å². The zero-order chi connectivity index (χ0) is 11.7. The summed E-state index contributed by atoms with van der Waals surface area (Å²) in [6, 6.07) is 4.63. The summed E-state index contributed by atoms with van der Waals surface area (Å²) in [5.41, 5.74) is 1.38. The van der Waals surface area contributed by atoms with E-state index in [-0.39, 0.29) is 12.3 Å². The van der Waals surface area contributed by atoms with Gasteiger partial charge in [0, 0.05) is 4.47 Å². The summed E-state index contributed by atoms with van der Waals surface area (Å²) in [4.78, 5) is 22.1. The zero-order valence-electron chi connectivity index (χ0n) is 8.16. The quantitative estimate of drug-likeness (QED) is 0.772. The van der Waals surface area contributed by atoms with E-state index in [1.165, 1.54) is 0 Å². The van der Waals surface area contributed by atoms with Crippen LogP contribution in [-0.4, -0.2) is 23.0 Å². The molecule has 0 bridgehead atoms. The highest BCUT2D eigenvalue weighted by Crippen LogP contribution is 2.30. The van der Waals surface area contributed by atoms with Crippen LogP contribution in [0.5, 0.6) is 0 Å². The lowest BCUT2D eigenvalue weighted by atomic mass is 10.1. The van der Waals surface area contributed by atoms with Crippen LogP contribution in [0.25, 0.3) is 0 Å². The van der Waals surface area contributed by atoms with Crippen LogP contribution in [0.1, 0.15) is 6.42 Å². The molecule has 2 rings (SSSR count). The molecule has 3 N–H and O–H groups in total. The Bertz CT molecular complexity index is 461. The van der Waals surface area contributed by atoms with Crippen LogP contribution in [0.4, 0.5) is 11.4 Å². The molecule has 1 atom stereocenters. The lowest BCUT2D eigenvalue weighted by molar-refractivity contribution is -0.138. The lowest BCUT2D eigenvalue weighted by Gasteiger charge is -2.25. The Morgan fingerprint density at radius 3 is 2.88 bits per heavy atom. The number of carbonyl (C=O) groups is 2. The molecule has 0 radical (unpaired) electrons. The summed E-state index contributed by atoms with van der Waals surface area (Å²) in [6.45, 7) is 0. The first kappa shape index (κ1) is 10.9. The largest absolute Gasteiger partial charge is 0.481 e. The summed E-state index contributed by atoms with van der Waals surface area (Å²) in [5, 5.41) is 14.2. The Kier molecular flexibility index (Phi) is 2.82. The molecule has 0 saturated heterocycles. The Morgan fingerprint density at radius 1 is 1.44 bits per heavy atom. The Hall–Kier alpha value is -1.56. The fraction of sp³-hybridized carbons (Fsp3) is 0.200. The van der Waals surface area contributed by atoms with E-state index in [1.54, 1.807) is 18.2 Å². The summed E-state index contributed by atoms with van der Waals surface area (Å²) in [5.74, 6) is -1.33. The molecule has 1 unspecified atom stereocenters. The van der Waals surface area contributed by atoms with E-state index in [4.69, 9.17) is 5.11 Å². The molecule has 1 aliphatic rings. The molecule has 1 aliphatic heterocycles. The highest BCUT2D eigenvalue weighted by Gasteiger charge is 2.27. The molecule has 5 nitrogen and oxygen atoms in total. The van der Waals surface area contributed by atoms with Gasteiger partial charge in [0.1, 0.15) is 6.04 Å². The van der Waals surface area contributed by atoms with Crippen molar-refractivity contribution in [3.63, 3.8) is 0 Å². The van der Waals surface area contributed by atoms with Crippen molar-refractivity contribution in [2.24, 2.45) is 0 Å². The van der Waals surface area contributed by atoms with E-state index < -0.39 is 12.0 Å². The average Bonchev–Trinajstić information content (AvgIpc) is 2.19. The summed E-state index contributed by atoms with van der Waals surface area (Å²) >= 11 is 3.31. The van der Waals surface area contributed by atoms with Crippen LogP contribution in [-0.2, 0) is 9.59 Å². The molecule has 84 valence electrons. The standard InChI is InChI=1S/C10H9BrN2O3/c11-5-1-2-6-7(3-5)12-8(4-9(14)15)10(16)13-6/h1-3,8,12H,4H2,(H,13,16)(H,14,15). The number of carboxylic acids is 1. The lowest BCUT2D eigenvalue weighted by Crippen LogP contribution is -2.40. The summed E-state index contributed by atoms with van der Waals surface area (Å²) in [7, 11) is 0. The molecule has 6 heteroatoms. The van der Waals surface area contributed by atoms with Crippen LogP contribution in [0, 0.1) is 0 Å². The molecule has 1 aromatic carbocycles. The Morgan fingerprint density at radius 2 is 2.19 bits per heavy atom. The number of aliphatic carboxylic acids is 1. The smallest absolute Gasteiger partial charge is 0.305 e. The molecular weight excluding hydrogens is 276 g/mol. The van der Waals surface area contributed by atoms with Gasteiger partial charge in [0.05, 0.1) is 17.8 Å². The monoisotopic (exact) mass is 284 g/mol. The number of benzene rings is 1. The van der Waals surface area contributed by atoms with Crippen molar-refractivity contribution in [3.8, 4) is 0 Å². The Labute approximate surface area is 100.0 Å². The topological polar surface area (TPSA) is 78.4 Å². The fourth-order valence-corrected chi connectivity index (χ4v) is 1.90. The van der Waals surface area contributed by atoms with Gasteiger partial charge < -0.3 is 15.7 Å². The number of hydrogen-bond acceptors (Lipinski definition) is 3. The van der Waals surface area contributed by atoms with Gasteiger partial charge in [-0.15, -0.1) is 0 Å². The maximum atomic E-state index is 11.5. The van der Waals surface area contributed by atoms with Gasteiger partial charge in [0.15, 0.2) is 0 Å². The van der Waals surface area contributed by atoms with E-state index in [0.717, 1.165) is 10.2 Å². The normalized spacial score (nSPS) is 18.3. The number of anilines is 2. The molecular formula is C10H9BrN2O3. The molecule has 0 spiro atoms. The number of fused-ring (bicyclic) bond motifs is 1. The first-order valence-corrected chi connectivity index (χ1v) is 5.44. The molecule has 16 heavy (non-hydrogen) atoms. The van der Waals surface area contributed by atoms with Crippen molar-refractivity contribution >= 4 is 39.2 Å². The number of nitrogens with one attached hydrogen (secondary N) is 2. The van der Waals surface area contributed by atoms with Crippen LogP contribution in [0.3, 0.4) is 0 Å². The minimum Gasteiger partial charge on any atom is -0.481 e. The maximum absolute atomic E-state index is 11.5. The molecule has 1 amide bonds. The Balaban J connectivity index is 2.26. The highest BCUT2D eigenvalue weighted by molar-refractivity contribution is 9.10. The number of hydrogen-bond donors (Lipinski definition) is 3. The van der Waals surface area contributed by atoms with Crippen molar-refractivity contribution in [1.29, 1.82) is 0 Å². The summed E-state index contributed by atoms with van der Waals surface area (Å²) < 4.78 is 0.865. The van der Waals surface area contributed by atoms with Crippen molar-refractivity contribution in [2.75, 3.05) is 10.6 Å². The molecule has 0 aromatic heterocycles. The number of carbonyl (C=O) groups excluding carboxylic acids is 1. The zero-order valence-corrected chi connectivity index (χ0v) is 9.74. The number of carboxylic acid groups (broad SMARTS) is 1. The van der Waals surface area contributed by atoms with Crippen molar-refractivity contribution in [1.82, 2.24) is 0 Å². The predicted octanol–water partition coefficient (Wildman–Crippen LogP) is 1.66. The van der Waals surface area contributed by atoms with E-state index in [9.17, 15) is 9.59 Å². The second-order valence-electron chi connectivity index (χ2n) is 3.47. The third-order valence-electron chi connectivity index (χ3n) is 2.26. The fourth-order valence-electron chi connectivity index (χ4n) is 1.54. The number of amides is 1. The van der Waals surface area contributed by atoms with E-state index >= 15 is 0 Å². The molecule has 1 heterocycles. The van der Waals surface area contributed by atoms with Gasteiger partial charge in [-0.25, -0.2) is 0 Å². The van der Waals surface area contributed by atoms with E-state index in [0.29, 0.717) is 5.69 Å².